The summed E-state index contributed by atoms with van der Waals surface area (Å²) < 4.78 is 73.4. The molecule has 0 aliphatic heterocycles. The third-order valence-electron chi connectivity index (χ3n) is 2.66. The van der Waals surface area contributed by atoms with Crippen molar-refractivity contribution in [3.63, 3.8) is 0 Å². The van der Waals surface area contributed by atoms with Gasteiger partial charge in [-0.3, -0.25) is 0 Å². The van der Waals surface area contributed by atoms with E-state index in [0.29, 0.717) is 0 Å². The van der Waals surface area contributed by atoms with Crippen molar-refractivity contribution in [1.29, 1.82) is 5.26 Å². The Bertz CT molecular complexity index is 513. The second-order valence-electron chi connectivity index (χ2n) is 4.37. The Morgan fingerprint density at radius 2 is 1.71 bits per heavy atom. The van der Waals surface area contributed by atoms with Gasteiger partial charge in [-0.2, -0.15) is 31.6 Å². The molecule has 2 nitrogen and oxygen atoms in total. The van der Waals surface area contributed by atoms with Crippen LogP contribution in [0.5, 0.6) is 0 Å². The Kier molecular flexibility index (Phi) is 5.47. The van der Waals surface area contributed by atoms with E-state index in [-0.39, 0.29) is 25.1 Å². The van der Waals surface area contributed by atoms with Crippen LogP contribution in [0.3, 0.4) is 0 Å². The standard InChI is InChI=1S/C13H12F6N2/c14-12(15,16)5-1-2-6-21-10-3-4-11(13(17,18)19)9(7-10)8-20/h3-4,7,21H,1-2,5-6H2. The first-order valence-corrected chi connectivity index (χ1v) is 6.05. The van der Waals surface area contributed by atoms with Gasteiger partial charge in [0.1, 0.15) is 0 Å². The van der Waals surface area contributed by atoms with Crippen LogP contribution in [0.2, 0.25) is 0 Å². The summed E-state index contributed by atoms with van der Waals surface area (Å²) in [4.78, 5) is 0. The van der Waals surface area contributed by atoms with Crippen molar-refractivity contribution < 1.29 is 26.3 Å². The number of rotatable bonds is 5. The fourth-order valence-corrected chi connectivity index (χ4v) is 1.68. The van der Waals surface area contributed by atoms with E-state index >= 15 is 0 Å². The van der Waals surface area contributed by atoms with Gasteiger partial charge in [0, 0.05) is 18.7 Å². The van der Waals surface area contributed by atoms with Crippen LogP contribution in [0, 0.1) is 11.3 Å². The Labute approximate surface area is 117 Å². The minimum Gasteiger partial charge on any atom is -0.385 e. The van der Waals surface area contributed by atoms with Gasteiger partial charge in [0.05, 0.1) is 17.2 Å². The van der Waals surface area contributed by atoms with E-state index < -0.39 is 29.9 Å². The van der Waals surface area contributed by atoms with Gasteiger partial charge < -0.3 is 5.32 Å². The highest BCUT2D eigenvalue weighted by Crippen LogP contribution is 2.33. The molecule has 116 valence electrons. The fraction of sp³-hybridized carbons (Fsp3) is 0.462. The molecule has 0 atom stereocenters. The summed E-state index contributed by atoms with van der Waals surface area (Å²) in [7, 11) is 0. The van der Waals surface area contributed by atoms with E-state index in [0.717, 1.165) is 18.2 Å². The summed E-state index contributed by atoms with van der Waals surface area (Å²) in [5.74, 6) is 0. The SMILES string of the molecule is N#Cc1cc(NCCCCC(F)(F)F)ccc1C(F)(F)F. The molecular formula is C13H12F6N2. The minimum atomic E-state index is -4.61. The molecule has 0 unspecified atom stereocenters. The second-order valence-corrected chi connectivity index (χ2v) is 4.37. The van der Waals surface area contributed by atoms with E-state index in [1.54, 1.807) is 0 Å². The first-order chi connectivity index (χ1) is 9.63. The third-order valence-corrected chi connectivity index (χ3v) is 2.66. The number of hydrogen-bond acceptors (Lipinski definition) is 2. The zero-order valence-corrected chi connectivity index (χ0v) is 10.8. The molecule has 0 spiro atoms. The van der Waals surface area contributed by atoms with Crippen LogP contribution < -0.4 is 5.32 Å². The summed E-state index contributed by atoms with van der Waals surface area (Å²) in [5.41, 5.74) is -1.29. The Balaban J connectivity index is 2.57. The number of alkyl halides is 6. The topological polar surface area (TPSA) is 35.8 Å². The first kappa shape index (κ1) is 17.1. The predicted molar refractivity (Wildman–Crippen MR) is 64.6 cm³/mol. The van der Waals surface area contributed by atoms with Gasteiger partial charge in [0.25, 0.3) is 0 Å². The molecule has 0 radical (unpaired) electrons. The molecule has 0 bridgehead atoms. The molecule has 1 aromatic carbocycles. The van der Waals surface area contributed by atoms with Crippen LogP contribution in [0.1, 0.15) is 30.4 Å². The van der Waals surface area contributed by atoms with Crippen LogP contribution in [0.15, 0.2) is 18.2 Å². The minimum absolute atomic E-state index is 0.0672. The number of nitriles is 1. The van der Waals surface area contributed by atoms with E-state index in [1.165, 1.54) is 6.07 Å². The highest BCUT2D eigenvalue weighted by Gasteiger charge is 2.33. The second kappa shape index (κ2) is 6.70. The van der Waals surface area contributed by atoms with Gasteiger partial charge in [-0.05, 0) is 31.0 Å². The lowest BCUT2D eigenvalue weighted by molar-refractivity contribution is -0.138. The van der Waals surface area contributed by atoms with Crippen molar-refractivity contribution in [2.45, 2.75) is 31.6 Å². The molecule has 8 heteroatoms. The lowest BCUT2D eigenvalue weighted by Crippen LogP contribution is -2.10. The molecule has 1 rings (SSSR count). The van der Waals surface area contributed by atoms with Gasteiger partial charge in [0.2, 0.25) is 0 Å². The van der Waals surface area contributed by atoms with E-state index in [2.05, 4.69) is 5.32 Å². The molecule has 0 aliphatic carbocycles. The van der Waals surface area contributed by atoms with Crippen molar-refractivity contribution in [1.82, 2.24) is 0 Å². The highest BCUT2D eigenvalue weighted by atomic mass is 19.4. The lowest BCUT2D eigenvalue weighted by atomic mass is 10.1. The van der Waals surface area contributed by atoms with E-state index in [1.807, 2.05) is 0 Å². The zero-order valence-electron chi connectivity index (χ0n) is 10.8. The quantitative estimate of drug-likeness (QED) is 0.631. The Hall–Kier alpha value is -1.91. The zero-order chi connectivity index (χ0) is 16.1. The van der Waals surface area contributed by atoms with Crippen LogP contribution in [-0.4, -0.2) is 12.7 Å². The Morgan fingerprint density at radius 3 is 2.24 bits per heavy atom. The van der Waals surface area contributed by atoms with Crippen molar-refractivity contribution in [3.8, 4) is 6.07 Å². The summed E-state index contributed by atoms with van der Waals surface area (Å²) in [5, 5.41) is 11.4. The van der Waals surface area contributed by atoms with Crippen molar-refractivity contribution in [3.05, 3.63) is 29.3 Å². The summed E-state index contributed by atoms with van der Waals surface area (Å²) in [6, 6.07) is 4.41. The van der Waals surface area contributed by atoms with Crippen LogP contribution >= 0.6 is 0 Å². The molecule has 0 amide bonds. The lowest BCUT2D eigenvalue weighted by Gasteiger charge is -2.12. The smallest absolute Gasteiger partial charge is 0.385 e. The fourth-order valence-electron chi connectivity index (χ4n) is 1.68. The largest absolute Gasteiger partial charge is 0.417 e. The van der Waals surface area contributed by atoms with Gasteiger partial charge >= 0.3 is 12.4 Å². The number of hydrogen-bond donors (Lipinski definition) is 1. The molecular weight excluding hydrogens is 298 g/mol. The van der Waals surface area contributed by atoms with Crippen molar-refractivity contribution in [2.24, 2.45) is 0 Å². The number of nitrogens with zero attached hydrogens (tertiary/aromatic N) is 1. The molecule has 21 heavy (non-hydrogen) atoms. The monoisotopic (exact) mass is 310 g/mol. The molecule has 0 aromatic heterocycles. The van der Waals surface area contributed by atoms with Gasteiger partial charge in [-0.25, -0.2) is 0 Å². The molecule has 0 fully saturated rings. The molecule has 0 heterocycles. The molecule has 1 aromatic rings. The normalized spacial score (nSPS) is 12.0. The Morgan fingerprint density at radius 1 is 1.05 bits per heavy atom. The first-order valence-electron chi connectivity index (χ1n) is 6.05. The maximum atomic E-state index is 12.6. The average molecular weight is 310 g/mol. The number of anilines is 1. The summed E-state index contributed by atoms with van der Waals surface area (Å²) >= 11 is 0. The van der Waals surface area contributed by atoms with E-state index in [4.69, 9.17) is 5.26 Å². The maximum absolute atomic E-state index is 12.6. The highest BCUT2D eigenvalue weighted by molar-refractivity contribution is 5.53. The number of nitrogens with one attached hydrogen (secondary N) is 1. The van der Waals surface area contributed by atoms with Crippen LogP contribution in [0.4, 0.5) is 32.0 Å². The molecule has 0 saturated carbocycles. The van der Waals surface area contributed by atoms with Gasteiger partial charge in [-0.1, -0.05) is 0 Å². The maximum Gasteiger partial charge on any atom is 0.417 e. The molecule has 0 aliphatic rings. The predicted octanol–water partition coefficient (Wildman–Crippen LogP) is 4.72. The molecule has 0 saturated heterocycles. The number of halogens is 6. The summed E-state index contributed by atoms with van der Waals surface area (Å²) in [6.07, 6.45) is -9.56. The van der Waals surface area contributed by atoms with E-state index in [9.17, 15) is 26.3 Å². The van der Waals surface area contributed by atoms with Gasteiger partial charge in [-0.15, -0.1) is 0 Å². The van der Waals surface area contributed by atoms with Crippen molar-refractivity contribution in [2.75, 3.05) is 11.9 Å². The summed E-state index contributed by atoms with van der Waals surface area (Å²) in [6.45, 7) is 0.187. The average Bonchev–Trinajstić information content (AvgIpc) is 2.35. The van der Waals surface area contributed by atoms with Crippen LogP contribution in [0.25, 0.3) is 0 Å². The van der Waals surface area contributed by atoms with Gasteiger partial charge in [0.15, 0.2) is 0 Å². The third kappa shape index (κ3) is 5.94. The molecule has 1 N–H and O–H groups in total. The number of unbranched alkanes of at least 4 members (excludes halogenated alkanes) is 1. The number of benzene rings is 1. The van der Waals surface area contributed by atoms with Crippen molar-refractivity contribution >= 4 is 5.69 Å². The van der Waals surface area contributed by atoms with Crippen LogP contribution in [-0.2, 0) is 6.18 Å².